The molecule has 0 aliphatic heterocycles. The summed E-state index contributed by atoms with van der Waals surface area (Å²) in [7, 11) is 3.96. The van der Waals surface area contributed by atoms with Crippen LogP contribution in [-0.4, -0.2) is 16.8 Å². The number of anilines is 2. The summed E-state index contributed by atoms with van der Waals surface area (Å²) < 4.78 is 2.93. The smallest absolute Gasteiger partial charge is 0.130 e. The highest BCUT2D eigenvalue weighted by atomic mass is 79.9. The van der Waals surface area contributed by atoms with E-state index in [2.05, 4.69) is 38.1 Å². The highest BCUT2D eigenvalue weighted by molar-refractivity contribution is 9.10. The molecule has 0 bridgehead atoms. The van der Waals surface area contributed by atoms with Gasteiger partial charge in [-0.15, -0.1) is 0 Å². The molecule has 0 unspecified atom stereocenters. The van der Waals surface area contributed by atoms with Crippen LogP contribution in [0.2, 0.25) is 0 Å². The molecule has 0 fully saturated rings. The topological polar surface area (TPSA) is 21.1 Å². The molecule has 2 rings (SSSR count). The molecule has 0 amide bonds. The monoisotopic (exact) mass is 265 g/mol. The zero-order valence-electron chi connectivity index (χ0n) is 8.68. The molecule has 0 aliphatic rings. The predicted molar refractivity (Wildman–Crippen MR) is 65.4 cm³/mol. The number of nitrogens with zero attached hydrogens (tertiary/aromatic N) is 3. The lowest BCUT2D eigenvalue weighted by molar-refractivity contribution is 0.761. The normalized spacial score (nSPS) is 10.3. The van der Waals surface area contributed by atoms with Crippen molar-refractivity contribution in [2.75, 3.05) is 11.9 Å². The molecule has 15 heavy (non-hydrogen) atoms. The molecule has 0 radical (unpaired) electrons. The van der Waals surface area contributed by atoms with E-state index in [0.29, 0.717) is 0 Å². The summed E-state index contributed by atoms with van der Waals surface area (Å²) in [6.07, 6.45) is 1.80. The second kappa shape index (κ2) is 4.06. The van der Waals surface area contributed by atoms with Gasteiger partial charge in [-0.3, -0.25) is 4.68 Å². The first-order chi connectivity index (χ1) is 7.18. The number of rotatable bonds is 2. The van der Waals surface area contributed by atoms with Gasteiger partial charge in [-0.1, -0.05) is 22.0 Å². The van der Waals surface area contributed by atoms with Crippen LogP contribution in [0.1, 0.15) is 0 Å². The third-order valence-corrected chi connectivity index (χ3v) is 2.83. The third kappa shape index (κ3) is 2.04. The zero-order chi connectivity index (χ0) is 10.8. The van der Waals surface area contributed by atoms with Gasteiger partial charge in [-0.2, -0.15) is 5.10 Å². The van der Waals surface area contributed by atoms with Crippen molar-refractivity contribution in [3.05, 3.63) is 41.0 Å². The second-order valence-electron chi connectivity index (χ2n) is 3.35. The molecular weight excluding hydrogens is 254 g/mol. The molecule has 2 aromatic rings. The summed E-state index contributed by atoms with van der Waals surface area (Å²) in [4.78, 5) is 2.09. The number of benzene rings is 1. The summed E-state index contributed by atoms with van der Waals surface area (Å²) in [5.74, 6) is 1.06. The van der Waals surface area contributed by atoms with Gasteiger partial charge in [0.1, 0.15) is 5.82 Å². The van der Waals surface area contributed by atoms with E-state index in [4.69, 9.17) is 0 Å². The fraction of sp³-hybridized carbons (Fsp3) is 0.182. The Hall–Kier alpha value is -1.29. The van der Waals surface area contributed by atoms with Crippen molar-refractivity contribution in [1.29, 1.82) is 0 Å². The quantitative estimate of drug-likeness (QED) is 0.833. The Kier molecular flexibility index (Phi) is 2.77. The van der Waals surface area contributed by atoms with E-state index in [1.54, 1.807) is 6.20 Å². The van der Waals surface area contributed by atoms with E-state index >= 15 is 0 Å². The number of aryl methyl sites for hydroxylation is 1. The lowest BCUT2D eigenvalue weighted by atomic mass is 10.3. The van der Waals surface area contributed by atoms with Gasteiger partial charge in [0.25, 0.3) is 0 Å². The minimum absolute atomic E-state index is 1.06. The van der Waals surface area contributed by atoms with Gasteiger partial charge in [-0.05, 0) is 18.2 Å². The summed E-state index contributed by atoms with van der Waals surface area (Å²) in [6.45, 7) is 0. The first-order valence-electron chi connectivity index (χ1n) is 4.66. The number of hydrogen-bond acceptors (Lipinski definition) is 2. The molecule has 0 saturated heterocycles. The highest BCUT2D eigenvalue weighted by Crippen LogP contribution is 2.24. The van der Waals surface area contributed by atoms with Gasteiger partial charge >= 0.3 is 0 Å². The Morgan fingerprint density at radius 3 is 2.73 bits per heavy atom. The van der Waals surface area contributed by atoms with Gasteiger partial charge in [0, 0.05) is 30.3 Å². The van der Waals surface area contributed by atoms with E-state index < -0.39 is 0 Å². The molecule has 3 nitrogen and oxygen atoms in total. The molecule has 0 atom stereocenters. The van der Waals surface area contributed by atoms with E-state index in [1.165, 1.54) is 0 Å². The van der Waals surface area contributed by atoms with Crippen LogP contribution >= 0.6 is 15.9 Å². The van der Waals surface area contributed by atoms with Crippen LogP contribution < -0.4 is 4.90 Å². The standard InChI is InChI=1S/C11H12BrN3/c1-14(11-6-7-13-15(11)2)10-5-3-4-9(12)8-10/h3-8H,1-2H3. The Balaban J connectivity index is 2.36. The van der Waals surface area contributed by atoms with Crippen LogP contribution in [0.3, 0.4) is 0 Å². The SMILES string of the molecule is CN(c1cccc(Br)c1)c1ccnn1C. The molecule has 78 valence electrons. The molecule has 1 aromatic carbocycles. The van der Waals surface area contributed by atoms with Crippen LogP contribution in [0, 0.1) is 0 Å². The average molecular weight is 266 g/mol. The molecule has 0 spiro atoms. The zero-order valence-corrected chi connectivity index (χ0v) is 10.3. The number of halogens is 1. The van der Waals surface area contributed by atoms with Crippen LogP contribution in [0.5, 0.6) is 0 Å². The lowest BCUT2D eigenvalue weighted by Gasteiger charge is -2.19. The Morgan fingerprint density at radius 2 is 2.13 bits per heavy atom. The maximum atomic E-state index is 4.15. The summed E-state index contributed by atoms with van der Waals surface area (Å²) in [6, 6.07) is 10.2. The second-order valence-corrected chi connectivity index (χ2v) is 4.27. The van der Waals surface area contributed by atoms with Gasteiger partial charge < -0.3 is 4.90 Å². The third-order valence-electron chi connectivity index (χ3n) is 2.33. The van der Waals surface area contributed by atoms with Crippen LogP contribution in [0.15, 0.2) is 41.0 Å². The van der Waals surface area contributed by atoms with Crippen molar-refractivity contribution >= 4 is 27.4 Å². The molecular formula is C11H12BrN3. The maximum Gasteiger partial charge on any atom is 0.130 e. The van der Waals surface area contributed by atoms with Gasteiger partial charge in [-0.25, -0.2) is 0 Å². The average Bonchev–Trinajstić information content (AvgIpc) is 2.63. The lowest BCUT2D eigenvalue weighted by Crippen LogP contribution is -2.13. The van der Waals surface area contributed by atoms with Crippen LogP contribution in [0.25, 0.3) is 0 Å². The highest BCUT2D eigenvalue weighted by Gasteiger charge is 2.07. The van der Waals surface area contributed by atoms with Gasteiger partial charge in [0.15, 0.2) is 0 Å². The molecule has 4 heteroatoms. The van der Waals surface area contributed by atoms with Crippen molar-refractivity contribution in [2.24, 2.45) is 7.05 Å². The van der Waals surface area contributed by atoms with Crippen molar-refractivity contribution < 1.29 is 0 Å². The van der Waals surface area contributed by atoms with Crippen LogP contribution in [0.4, 0.5) is 11.5 Å². The van der Waals surface area contributed by atoms with Crippen LogP contribution in [-0.2, 0) is 7.05 Å². The minimum atomic E-state index is 1.06. The minimum Gasteiger partial charge on any atom is -0.330 e. The maximum absolute atomic E-state index is 4.15. The van der Waals surface area contributed by atoms with Crippen molar-refractivity contribution in [2.45, 2.75) is 0 Å². The summed E-state index contributed by atoms with van der Waals surface area (Å²) in [5, 5.41) is 4.15. The Bertz CT molecular complexity index is 464. The molecule has 1 aromatic heterocycles. The number of hydrogen-bond donors (Lipinski definition) is 0. The fourth-order valence-electron chi connectivity index (χ4n) is 1.51. The summed E-state index contributed by atoms with van der Waals surface area (Å²) in [5.41, 5.74) is 1.13. The number of aromatic nitrogens is 2. The van der Waals surface area contributed by atoms with Crippen molar-refractivity contribution in [3.63, 3.8) is 0 Å². The Labute approximate surface area is 97.5 Å². The Morgan fingerprint density at radius 1 is 1.33 bits per heavy atom. The van der Waals surface area contributed by atoms with E-state index in [0.717, 1.165) is 16.0 Å². The van der Waals surface area contributed by atoms with Crippen molar-refractivity contribution in [3.8, 4) is 0 Å². The van der Waals surface area contributed by atoms with E-state index in [9.17, 15) is 0 Å². The van der Waals surface area contributed by atoms with E-state index in [-0.39, 0.29) is 0 Å². The largest absolute Gasteiger partial charge is 0.330 e. The van der Waals surface area contributed by atoms with Gasteiger partial charge in [0.05, 0.1) is 6.20 Å². The molecule has 0 N–H and O–H groups in total. The van der Waals surface area contributed by atoms with Gasteiger partial charge in [0.2, 0.25) is 0 Å². The van der Waals surface area contributed by atoms with E-state index in [1.807, 2.05) is 37.0 Å². The first kappa shape index (κ1) is 10.2. The fourth-order valence-corrected chi connectivity index (χ4v) is 1.90. The molecule has 0 saturated carbocycles. The van der Waals surface area contributed by atoms with Crippen molar-refractivity contribution in [1.82, 2.24) is 9.78 Å². The predicted octanol–water partition coefficient (Wildman–Crippen LogP) is 2.95. The molecule has 0 aliphatic carbocycles. The first-order valence-corrected chi connectivity index (χ1v) is 5.45. The summed E-state index contributed by atoms with van der Waals surface area (Å²) >= 11 is 3.46. The molecule has 1 heterocycles.